The van der Waals surface area contributed by atoms with Gasteiger partial charge in [0.05, 0.1) is 5.56 Å². The molecular formula is C14H12F3N. The minimum atomic E-state index is -4.36. The van der Waals surface area contributed by atoms with Gasteiger partial charge in [-0.15, -0.1) is 0 Å². The Morgan fingerprint density at radius 3 is 2.17 bits per heavy atom. The summed E-state index contributed by atoms with van der Waals surface area (Å²) < 4.78 is 37.6. The molecular weight excluding hydrogens is 239 g/mol. The Morgan fingerprint density at radius 2 is 1.61 bits per heavy atom. The lowest BCUT2D eigenvalue weighted by atomic mass is 9.98. The minimum Gasteiger partial charge on any atom is -0.398 e. The number of hydrogen-bond acceptors (Lipinski definition) is 1. The van der Waals surface area contributed by atoms with Gasteiger partial charge in [-0.3, -0.25) is 0 Å². The quantitative estimate of drug-likeness (QED) is 0.753. The molecule has 0 aromatic heterocycles. The predicted octanol–water partition coefficient (Wildman–Crippen LogP) is 4.26. The number of alkyl halides is 3. The average molecular weight is 251 g/mol. The first-order valence-electron chi connectivity index (χ1n) is 5.42. The van der Waals surface area contributed by atoms with Gasteiger partial charge in [0, 0.05) is 11.3 Å². The molecule has 0 spiro atoms. The normalized spacial score (nSPS) is 11.6. The molecule has 0 fully saturated rings. The highest BCUT2D eigenvalue weighted by molar-refractivity contribution is 5.78. The fourth-order valence-corrected chi connectivity index (χ4v) is 1.86. The van der Waals surface area contributed by atoms with E-state index in [9.17, 15) is 13.2 Å². The van der Waals surface area contributed by atoms with Gasteiger partial charge in [-0.05, 0) is 30.2 Å². The van der Waals surface area contributed by atoms with E-state index >= 15 is 0 Å². The van der Waals surface area contributed by atoms with Crippen molar-refractivity contribution >= 4 is 5.69 Å². The summed E-state index contributed by atoms with van der Waals surface area (Å²) in [7, 11) is 0. The van der Waals surface area contributed by atoms with Gasteiger partial charge in [0.25, 0.3) is 0 Å². The fraction of sp³-hybridized carbons (Fsp3) is 0.143. The average Bonchev–Trinajstić information content (AvgIpc) is 2.29. The Hall–Kier alpha value is -1.97. The van der Waals surface area contributed by atoms with Crippen LogP contribution in [0.4, 0.5) is 18.9 Å². The largest absolute Gasteiger partial charge is 0.416 e. The fourth-order valence-electron chi connectivity index (χ4n) is 1.86. The molecule has 0 saturated heterocycles. The summed E-state index contributed by atoms with van der Waals surface area (Å²) in [4.78, 5) is 0. The number of nitrogens with two attached hydrogens (primary N) is 1. The van der Waals surface area contributed by atoms with Crippen molar-refractivity contribution in [3.8, 4) is 11.1 Å². The van der Waals surface area contributed by atoms with Crippen LogP contribution in [-0.2, 0) is 6.18 Å². The van der Waals surface area contributed by atoms with E-state index < -0.39 is 11.7 Å². The molecule has 2 aromatic carbocycles. The van der Waals surface area contributed by atoms with Crippen LogP contribution in [0.2, 0.25) is 0 Å². The van der Waals surface area contributed by atoms with E-state index in [0.29, 0.717) is 5.56 Å². The second-order valence-corrected chi connectivity index (χ2v) is 4.11. The molecule has 94 valence electrons. The number of benzene rings is 2. The van der Waals surface area contributed by atoms with Crippen LogP contribution in [0.15, 0.2) is 42.5 Å². The molecule has 0 aliphatic carbocycles. The summed E-state index contributed by atoms with van der Waals surface area (Å²) in [5.74, 6) is 0. The number of nitrogen functional groups attached to an aromatic ring is 1. The third-order valence-electron chi connectivity index (χ3n) is 2.81. The van der Waals surface area contributed by atoms with E-state index in [0.717, 1.165) is 23.3 Å². The van der Waals surface area contributed by atoms with Crippen LogP contribution in [0.25, 0.3) is 11.1 Å². The Kier molecular flexibility index (Phi) is 3.03. The lowest BCUT2D eigenvalue weighted by Crippen LogP contribution is -2.06. The van der Waals surface area contributed by atoms with Gasteiger partial charge in [-0.25, -0.2) is 0 Å². The maximum Gasteiger partial charge on any atom is 0.416 e. The van der Waals surface area contributed by atoms with Gasteiger partial charge >= 0.3 is 6.18 Å². The molecule has 2 aromatic rings. The van der Waals surface area contributed by atoms with E-state index in [1.54, 1.807) is 0 Å². The SMILES string of the molecule is Cc1ccccc1-c1ccc(C(F)(F)F)cc1N. The zero-order valence-corrected chi connectivity index (χ0v) is 9.75. The highest BCUT2D eigenvalue weighted by Crippen LogP contribution is 2.35. The highest BCUT2D eigenvalue weighted by atomic mass is 19.4. The molecule has 18 heavy (non-hydrogen) atoms. The van der Waals surface area contributed by atoms with Crippen molar-refractivity contribution in [3.05, 3.63) is 53.6 Å². The molecule has 0 unspecified atom stereocenters. The molecule has 0 heterocycles. The monoisotopic (exact) mass is 251 g/mol. The lowest BCUT2D eigenvalue weighted by molar-refractivity contribution is -0.137. The van der Waals surface area contributed by atoms with Crippen molar-refractivity contribution in [2.24, 2.45) is 0 Å². The van der Waals surface area contributed by atoms with Crippen LogP contribution in [-0.4, -0.2) is 0 Å². The molecule has 2 rings (SSSR count). The van der Waals surface area contributed by atoms with Crippen molar-refractivity contribution in [1.82, 2.24) is 0 Å². The Balaban J connectivity index is 2.52. The maximum absolute atomic E-state index is 12.5. The van der Waals surface area contributed by atoms with Crippen LogP contribution < -0.4 is 5.73 Å². The van der Waals surface area contributed by atoms with Crippen molar-refractivity contribution in [1.29, 1.82) is 0 Å². The molecule has 1 nitrogen and oxygen atoms in total. The van der Waals surface area contributed by atoms with Gasteiger partial charge in [0.1, 0.15) is 0 Å². The number of hydrogen-bond donors (Lipinski definition) is 1. The van der Waals surface area contributed by atoms with Crippen molar-refractivity contribution in [2.75, 3.05) is 5.73 Å². The van der Waals surface area contributed by atoms with Crippen LogP contribution in [0.3, 0.4) is 0 Å². The molecule has 2 N–H and O–H groups in total. The number of aryl methyl sites for hydroxylation is 1. The Morgan fingerprint density at radius 1 is 0.944 bits per heavy atom. The second kappa shape index (κ2) is 4.37. The topological polar surface area (TPSA) is 26.0 Å². The van der Waals surface area contributed by atoms with Crippen LogP contribution in [0.1, 0.15) is 11.1 Å². The predicted molar refractivity (Wildman–Crippen MR) is 66.0 cm³/mol. The molecule has 0 aliphatic rings. The molecule has 4 heteroatoms. The molecule has 0 bridgehead atoms. The van der Waals surface area contributed by atoms with Gasteiger partial charge in [0.2, 0.25) is 0 Å². The maximum atomic E-state index is 12.5. The summed E-state index contributed by atoms with van der Waals surface area (Å²) in [6.07, 6.45) is -4.36. The molecule has 0 aliphatic heterocycles. The standard InChI is InChI=1S/C14H12F3N/c1-9-4-2-3-5-11(9)12-7-6-10(8-13(12)18)14(15,16)17/h2-8H,18H2,1H3. The minimum absolute atomic E-state index is 0.138. The van der Waals surface area contributed by atoms with Crippen LogP contribution >= 0.6 is 0 Å². The first kappa shape index (κ1) is 12.5. The zero-order valence-electron chi connectivity index (χ0n) is 9.75. The Bertz CT molecular complexity index is 573. The third kappa shape index (κ3) is 2.32. The molecule has 0 saturated carbocycles. The third-order valence-corrected chi connectivity index (χ3v) is 2.81. The van der Waals surface area contributed by atoms with Gasteiger partial charge in [0.15, 0.2) is 0 Å². The summed E-state index contributed by atoms with van der Waals surface area (Å²) in [5, 5.41) is 0. The number of rotatable bonds is 1. The van der Waals surface area contributed by atoms with Crippen LogP contribution in [0.5, 0.6) is 0 Å². The summed E-state index contributed by atoms with van der Waals surface area (Å²) >= 11 is 0. The second-order valence-electron chi connectivity index (χ2n) is 4.11. The molecule has 0 amide bonds. The summed E-state index contributed by atoms with van der Waals surface area (Å²) in [6.45, 7) is 1.90. The van der Waals surface area contributed by atoms with E-state index in [4.69, 9.17) is 5.73 Å². The summed E-state index contributed by atoms with van der Waals surface area (Å²) in [6, 6.07) is 10.9. The first-order chi connectivity index (χ1) is 8.39. The Labute approximate surface area is 103 Å². The van der Waals surface area contributed by atoms with Crippen molar-refractivity contribution in [2.45, 2.75) is 13.1 Å². The van der Waals surface area contributed by atoms with Gasteiger partial charge in [-0.1, -0.05) is 30.3 Å². The van der Waals surface area contributed by atoms with Crippen LogP contribution in [0, 0.1) is 6.92 Å². The molecule has 0 atom stereocenters. The van der Waals surface area contributed by atoms with E-state index in [2.05, 4.69) is 0 Å². The smallest absolute Gasteiger partial charge is 0.398 e. The van der Waals surface area contributed by atoms with Crippen molar-refractivity contribution in [3.63, 3.8) is 0 Å². The molecule has 0 radical (unpaired) electrons. The number of halogens is 3. The highest BCUT2D eigenvalue weighted by Gasteiger charge is 2.30. The van der Waals surface area contributed by atoms with Gasteiger partial charge < -0.3 is 5.73 Å². The van der Waals surface area contributed by atoms with Gasteiger partial charge in [-0.2, -0.15) is 13.2 Å². The van der Waals surface area contributed by atoms with Crippen molar-refractivity contribution < 1.29 is 13.2 Å². The van der Waals surface area contributed by atoms with E-state index in [1.807, 2.05) is 31.2 Å². The first-order valence-corrected chi connectivity index (χ1v) is 5.42. The van der Waals surface area contributed by atoms with E-state index in [1.165, 1.54) is 6.07 Å². The summed E-state index contributed by atoms with van der Waals surface area (Å²) in [5.41, 5.74) is 7.58. The number of anilines is 1. The van der Waals surface area contributed by atoms with E-state index in [-0.39, 0.29) is 5.69 Å². The zero-order chi connectivity index (χ0) is 13.3. The lowest BCUT2D eigenvalue weighted by Gasteiger charge is -2.12.